The van der Waals surface area contributed by atoms with Crippen molar-refractivity contribution in [1.82, 2.24) is 5.32 Å². The Morgan fingerprint density at radius 1 is 1.00 bits per heavy atom. The molecule has 2 saturated heterocycles. The zero-order chi connectivity index (χ0) is 9.38. The molecule has 1 N–H and O–H groups in total. The van der Waals surface area contributed by atoms with Gasteiger partial charge in [-0.1, -0.05) is 18.2 Å². The SMILES string of the molecule is c1ccc(N2C[C@H]3CNC[C@H]3C2)cc1. The summed E-state index contributed by atoms with van der Waals surface area (Å²) in [6, 6.07) is 10.8. The van der Waals surface area contributed by atoms with E-state index in [1.165, 1.54) is 31.9 Å². The van der Waals surface area contributed by atoms with Crippen molar-refractivity contribution in [3.8, 4) is 0 Å². The molecule has 2 nitrogen and oxygen atoms in total. The van der Waals surface area contributed by atoms with Crippen molar-refractivity contribution in [2.24, 2.45) is 11.8 Å². The van der Waals surface area contributed by atoms with Crippen LogP contribution in [0.3, 0.4) is 0 Å². The third-order valence-electron chi connectivity index (χ3n) is 3.51. The molecule has 2 aliphatic heterocycles. The second-order valence-electron chi connectivity index (χ2n) is 4.42. The van der Waals surface area contributed by atoms with E-state index in [0.717, 1.165) is 11.8 Å². The van der Waals surface area contributed by atoms with E-state index >= 15 is 0 Å². The molecular formula is C12H16N2. The van der Waals surface area contributed by atoms with Gasteiger partial charge in [0.05, 0.1) is 0 Å². The first kappa shape index (κ1) is 8.30. The highest BCUT2D eigenvalue weighted by Gasteiger charge is 2.35. The number of hydrogen-bond acceptors (Lipinski definition) is 2. The summed E-state index contributed by atoms with van der Waals surface area (Å²) in [5.74, 6) is 1.77. The number of anilines is 1. The van der Waals surface area contributed by atoms with Crippen LogP contribution in [0.25, 0.3) is 0 Å². The molecule has 0 aliphatic carbocycles. The molecule has 0 aromatic heterocycles. The number of nitrogens with zero attached hydrogens (tertiary/aromatic N) is 1. The first-order valence-electron chi connectivity index (χ1n) is 5.44. The minimum atomic E-state index is 0.884. The topological polar surface area (TPSA) is 15.3 Å². The summed E-state index contributed by atoms with van der Waals surface area (Å²) in [5, 5.41) is 3.47. The lowest BCUT2D eigenvalue weighted by atomic mass is 10.0. The molecule has 0 amide bonds. The van der Waals surface area contributed by atoms with E-state index in [-0.39, 0.29) is 0 Å². The van der Waals surface area contributed by atoms with Crippen LogP contribution in [0.5, 0.6) is 0 Å². The lowest BCUT2D eigenvalue weighted by Gasteiger charge is -2.19. The molecular weight excluding hydrogens is 172 g/mol. The summed E-state index contributed by atoms with van der Waals surface area (Å²) in [7, 11) is 0. The molecule has 2 heterocycles. The number of hydrogen-bond donors (Lipinski definition) is 1. The molecule has 2 atom stereocenters. The third kappa shape index (κ3) is 1.30. The molecule has 1 aromatic carbocycles. The summed E-state index contributed by atoms with van der Waals surface area (Å²) in [5.41, 5.74) is 1.39. The van der Waals surface area contributed by atoms with Gasteiger partial charge >= 0.3 is 0 Å². The van der Waals surface area contributed by atoms with Crippen molar-refractivity contribution in [1.29, 1.82) is 0 Å². The standard InChI is InChI=1S/C12H16N2/c1-2-4-12(5-3-1)14-8-10-6-13-7-11(10)9-14/h1-5,10-11,13H,6-9H2/t10-,11+. The van der Waals surface area contributed by atoms with Crippen LogP contribution >= 0.6 is 0 Å². The monoisotopic (exact) mass is 188 g/mol. The van der Waals surface area contributed by atoms with E-state index in [9.17, 15) is 0 Å². The molecule has 0 bridgehead atoms. The van der Waals surface area contributed by atoms with Gasteiger partial charge in [-0.2, -0.15) is 0 Å². The average molecular weight is 188 g/mol. The molecule has 74 valence electrons. The summed E-state index contributed by atoms with van der Waals surface area (Å²) in [4.78, 5) is 2.52. The third-order valence-corrected chi connectivity index (χ3v) is 3.51. The van der Waals surface area contributed by atoms with Crippen molar-refractivity contribution < 1.29 is 0 Å². The molecule has 0 spiro atoms. The van der Waals surface area contributed by atoms with Gasteiger partial charge in [-0.05, 0) is 24.0 Å². The molecule has 2 fully saturated rings. The minimum absolute atomic E-state index is 0.884. The smallest absolute Gasteiger partial charge is 0.0366 e. The fraction of sp³-hybridized carbons (Fsp3) is 0.500. The molecule has 0 unspecified atom stereocenters. The van der Waals surface area contributed by atoms with Gasteiger partial charge in [0.2, 0.25) is 0 Å². The van der Waals surface area contributed by atoms with Crippen LogP contribution in [0.1, 0.15) is 0 Å². The Hall–Kier alpha value is -1.02. The fourth-order valence-electron chi connectivity index (χ4n) is 2.71. The first-order chi connectivity index (χ1) is 6.93. The van der Waals surface area contributed by atoms with Gasteiger partial charge < -0.3 is 10.2 Å². The first-order valence-corrected chi connectivity index (χ1v) is 5.44. The summed E-state index contributed by atoms with van der Waals surface area (Å²) < 4.78 is 0. The van der Waals surface area contributed by atoms with E-state index in [1.807, 2.05) is 0 Å². The van der Waals surface area contributed by atoms with Crippen LogP contribution in [0.4, 0.5) is 5.69 Å². The Kier molecular flexibility index (Phi) is 1.95. The Morgan fingerprint density at radius 2 is 1.64 bits per heavy atom. The van der Waals surface area contributed by atoms with Crippen molar-refractivity contribution in [3.63, 3.8) is 0 Å². The van der Waals surface area contributed by atoms with Crippen molar-refractivity contribution in [2.45, 2.75) is 0 Å². The highest BCUT2D eigenvalue weighted by atomic mass is 15.2. The predicted molar refractivity (Wildman–Crippen MR) is 58.5 cm³/mol. The quantitative estimate of drug-likeness (QED) is 0.715. The lowest BCUT2D eigenvalue weighted by molar-refractivity contribution is 0.533. The Balaban J connectivity index is 1.77. The number of benzene rings is 1. The maximum Gasteiger partial charge on any atom is 0.0366 e. The van der Waals surface area contributed by atoms with Crippen molar-refractivity contribution in [3.05, 3.63) is 30.3 Å². The van der Waals surface area contributed by atoms with Gasteiger partial charge in [-0.25, -0.2) is 0 Å². The van der Waals surface area contributed by atoms with Crippen LogP contribution in [0, 0.1) is 11.8 Å². The molecule has 1 aromatic rings. The number of fused-ring (bicyclic) bond motifs is 1. The van der Waals surface area contributed by atoms with Crippen LogP contribution in [-0.2, 0) is 0 Å². The summed E-state index contributed by atoms with van der Waals surface area (Å²) in [6.07, 6.45) is 0. The van der Waals surface area contributed by atoms with E-state index in [0.29, 0.717) is 0 Å². The molecule has 3 rings (SSSR count). The second-order valence-corrected chi connectivity index (χ2v) is 4.42. The number of nitrogens with one attached hydrogen (secondary N) is 1. The van der Waals surface area contributed by atoms with Gasteiger partial charge in [-0.15, -0.1) is 0 Å². The Bertz CT molecular complexity index is 297. The minimum Gasteiger partial charge on any atom is -0.371 e. The van der Waals surface area contributed by atoms with Crippen LogP contribution in [0.2, 0.25) is 0 Å². The Morgan fingerprint density at radius 3 is 2.29 bits per heavy atom. The number of para-hydroxylation sites is 1. The largest absolute Gasteiger partial charge is 0.371 e. The summed E-state index contributed by atoms with van der Waals surface area (Å²) in [6.45, 7) is 4.91. The van der Waals surface area contributed by atoms with Crippen molar-refractivity contribution in [2.75, 3.05) is 31.1 Å². The fourth-order valence-corrected chi connectivity index (χ4v) is 2.71. The van der Waals surface area contributed by atoms with E-state index in [2.05, 4.69) is 40.5 Å². The molecule has 14 heavy (non-hydrogen) atoms. The predicted octanol–water partition coefficient (Wildman–Crippen LogP) is 1.34. The van der Waals surface area contributed by atoms with Gasteiger partial charge in [0.1, 0.15) is 0 Å². The van der Waals surface area contributed by atoms with E-state index < -0.39 is 0 Å². The maximum absolute atomic E-state index is 3.47. The van der Waals surface area contributed by atoms with Gasteiger partial charge in [0.15, 0.2) is 0 Å². The lowest BCUT2D eigenvalue weighted by Crippen LogP contribution is -2.25. The number of rotatable bonds is 1. The van der Waals surface area contributed by atoms with Crippen LogP contribution in [-0.4, -0.2) is 26.2 Å². The highest BCUT2D eigenvalue weighted by Crippen LogP contribution is 2.29. The van der Waals surface area contributed by atoms with Crippen LogP contribution < -0.4 is 10.2 Å². The van der Waals surface area contributed by atoms with Gasteiger partial charge in [0.25, 0.3) is 0 Å². The molecule has 2 aliphatic rings. The van der Waals surface area contributed by atoms with Crippen molar-refractivity contribution >= 4 is 5.69 Å². The van der Waals surface area contributed by atoms with Gasteiger partial charge in [0, 0.05) is 31.9 Å². The van der Waals surface area contributed by atoms with Gasteiger partial charge in [-0.3, -0.25) is 0 Å². The summed E-state index contributed by atoms with van der Waals surface area (Å²) >= 11 is 0. The second kappa shape index (κ2) is 3.28. The molecule has 2 heteroatoms. The highest BCUT2D eigenvalue weighted by molar-refractivity contribution is 5.47. The zero-order valence-electron chi connectivity index (χ0n) is 8.32. The van der Waals surface area contributed by atoms with E-state index in [1.54, 1.807) is 0 Å². The maximum atomic E-state index is 3.47. The average Bonchev–Trinajstić information content (AvgIpc) is 2.78. The zero-order valence-corrected chi connectivity index (χ0v) is 8.32. The Labute approximate surface area is 84.9 Å². The van der Waals surface area contributed by atoms with Crippen LogP contribution in [0.15, 0.2) is 30.3 Å². The molecule has 0 saturated carbocycles. The van der Waals surface area contributed by atoms with E-state index in [4.69, 9.17) is 0 Å². The normalized spacial score (nSPS) is 30.7. The molecule has 0 radical (unpaired) electrons.